The van der Waals surface area contributed by atoms with Crippen molar-refractivity contribution in [1.82, 2.24) is 0 Å². The molecule has 0 saturated carbocycles. The van der Waals surface area contributed by atoms with E-state index in [4.69, 9.17) is 10.00 Å². The third-order valence-electron chi connectivity index (χ3n) is 3.02. The van der Waals surface area contributed by atoms with E-state index >= 15 is 0 Å². The second kappa shape index (κ2) is 7.06. The number of nitriles is 1. The minimum Gasteiger partial charge on any atom is -0.458 e. The van der Waals surface area contributed by atoms with Gasteiger partial charge in [0.2, 0.25) is 0 Å². The molecule has 0 aromatic heterocycles. The summed E-state index contributed by atoms with van der Waals surface area (Å²) in [6.45, 7) is 2.14. The number of hydrogen-bond donors (Lipinski definition) is 0. The van der Waals surface area contributed by atoms with Crippen LogP contribution in [0.15, 0.2) is 54.6 Å². The lowest BCUT2D eigenvalue weighted by Crippen LogP contribution is -2.01. The summed E-state index contributed by atoms with van der Waals surface area (Å²) in [5.74, 6) is -0.402. The van der Waals surface area contributed by atoms with Crippen LogP contribution in [0.2, 0.25) is 0 Å². The standard InChI is InChI=1S/C18H15NO2/c1-14-5-2-3-8-17(14)9-10-18(20)21-13-16-7-4-6-15(11-16)12-19/h2-11H,13H2,1H3/b10-9+. The third-order valence-corrected chi connectivity index (χ3v) is 3.02. The predicted octanol–water partition coefficient (Wildman–Crippen LogP) is 3.62. The van der Waals surface area contributed by atoms with Gasteiger partial charge >= 0.3 is 5.97 Å². The molecule has 2 aromatic rings. The molecule has 2 aromatic carbocycles. The molecule has 0 fully saturated rings. The number of benzene rings is 2. The first-order valence-electron chi connectivity index (χ1n) is 6.58. The number of nitrogens with zero attached hydrogens (tertiary/aromatic N) is 1. The Bertz CT molecular complexity index is 711. The molecule has 0 aliphatic rings. The van der Waals surface area contributed by atoms with Gasteiger partial charge in [-0.2, -0.15) is 5.26 Å². The van der Waals surface area contributed by atoms with Crippen molar-refractivity contribution in [2.45, 2.75) is 13.5 Å². The van der Waals surface area contributed by atoms with Crippen molar-refractivity contribution >= 4 is 12.0 Å². The van der Waals surface area contributed by atoms with E-state index < -0.39 is 5.97 Å². The highest BCUT2D eigenvalue weighted by molar-refractivity contribution is 5.87. The Morgan fingerprint density at radius 2 is 2.05 bits per heavy atom. The van der Waals surface area contributed by atoms with E-state index in [0.29, 0.717) is 5.56 Å². The van der Waals surface area contributed by atoms with Crippen molar-refractivity contribution in [2.24, 2.45) is 0 Å². The second-order valence-corrected chi connectivity index (χ2v) is 4.61. The van der Waals surface area contributed by atoms with E-state index in [2.05, 4.69) is 6.07 Å². The minimum atomic E-state index is -0.402. The van der Waals surface area contributed by atoms with Crippen LogP contribution in [0.5, 0.6) is 0 Å². The maximum atomic E-state index is 11.7. The zero-order chi connectivity index (χ0) is 15.1. The van der Waals surface area contributed by atoms with Crippen molar-refractivity contribution in [1.29, 1.82) is 5.26 Å². The largest absolute Gasteiger partial charge is 0.458 e. The SMILES string of the molecule is Cc1ccccc1/C=C/C(=O)OCc1cccc(C#N)c1. The summed E-state index contributed by atoms with van der Waals surface area (Å²) in [5, 5.41) is 8.81. The lowest BCUT2D eigenvalue weighted by Gasteiger charge is -2.03. The number of hydrogen-bond acceptors (Lipinski definition) is 3. The van der Waals surface area contributed by atoms with Crippen LogP contribution in [0.1, 0.15) is 22.3 Å². The summed E-state index contributed by atoms with van der Waals surface area (Å²) in [4.78, 5) is 11.7. The Morgan fingerprint density at radius 1 is 1.24 bits per heavy atom. The van der Waals surface area contributed by atoms with Crippen molar-refractivity contribution in [3.8, 4) is 6.07 Å². The number of aryl methyl sites for hydroxylation is 1. The Hall–Kier alpha value is -2.86. The molecule has 0 bridgehead atoms. The van der Waals surface area contributed by atoms with Crippen LogP contribution in [0.4, 0.5) is 0 Å². The van der Waals surface area contributed by atoms with Gasteiger partial charge in [0.25, 0.3) is 0 Å². The zero-order valence-corrected chi connectivity index (χ0v) is 11.7. The van der Waals surface area contributed by atoms with Crippen molar-refractivity contribution in [3.05, 3.63) is 76.9 Å². The summed E-state index contributed by atoms with van der Waals surface area (Å²) < 4.78 is 5.15. The maximum Gasteiger partial charge on any atom is 0.331 e. The molecule has 0 atom stereocenters. The normalized spacial score (nSPS) is 10.3. The van der Waals surface area contributed by atoms with Gasteiger partial charge in [0.05, 0.1) is 11.6 Å². The zero-order valence-electron chi connectivity index (χ0n) is 11.7. The summed E-state index contributed by atoms with van der Waals surface area (Å²) in [7, 11) is 0. The molecule has 0 radical (unpaired) electrons. The van der Waals surface area contributed by atoms with Crippen LogP contribution in [0, 0.1) is 18.3 Å². The fraction of sp³-hybridized carbons (Fsp3) is 0.111. The van der Waals surface area contributed by atoms with Crippen molar-refractivity contribution < 1.29 is 9.53 Å². The number of carbonyl (C=O) groups excluding carboxylic acids is 1. The third kappa shape index (κ3) is 4.32. The molecule has 104 valence electrons. The molecule has 0 aliphatic carbocycles. The lowest BCUT2D eigenvalue weighted by atomic mass is 10.1. The van der Waals surface area contributed by atoms with E-state index in [1.807, 2.05) is 37.3 Å². The van der Waals surface area contributed by atoms with Crippen LogP contribution in [-0.4, -0.2) is 5.97 Å². The first-order valence-corrected chi connectivity index (χ1v) is 6.58. The monoisotopic (exact) mass is 277 g/mol. The highest BCUT2D eigenvalue weighted by atomic mass is 16.5. The van der Waals surface area contributed by atoms with Crippen molar-refractivity contribution in [3.63, 3.8) is 0 Å². The molecule has 0 amide bonds. The molecule has 0 saturated heterocycles. The maximum absolute atomic E-state index is 11.7. The Kier molecular flexibility index (Phi) is 4.89. The van der Waals surface area contributed by atoms with Gasteiger partial charge < -0.3 is 4.74 Å². The van der Waals surface area contributed by atoms with Gasteiger partial charge in [-0.05, 0) is 41.8 Å². The Labute approximate surface area is 124 Å². The van der Waals surface area contributed by atoms with E-state index in [-0.39, 0.29) is 6.61 Å². The van der Waals surface area contributed by atoms with Crippen LogP contribution >= 0.6 is 0 Å². The molecule has 0 spiro atoms. The van der Waals surface area contributed by atoms with Gasteiger partial charge in [-0.15, -0.1) is 0 Å². The van der Waals surface area contributed by atoms with Crippen molar-refractivity contribution in [2.75, 3.05) is 0 Å². The molecular weight excluding hydrogens is 262 g/mol. The minimum absolute atomic E-state index is 0.159. The van der Waals surface area contributed by atoms with Gasteiger partial charge in [-0.3, -0.25) is 0 Å². The smallest absolute Gasteiger partial charge is 0.331 e. The fourth-order valence-corrected chi connectivity index (χ4v) is 1.86. The highest BCUT2D eigenvalue weighted by Crippen LogP contribution is 2.09. The molecular formula is C18H15NO2. The molecule has 3 nitrogen and oxygen atoms in total. The van der Waals surface area contributed by atoms with Gasteiger partial charge in [0.1, 0.15) is 6.61 Å². The average molecular weight is 277 g/mol. The molecule has 0 aliphatic heterocycles. The van der Waals surface area contributed by atoms with E-state index in [1.54, 1.807) is 24.3 Å². The summed E-state index contributed by atoms with van der Waals surface area (Å²) in [6, 6.07) is 16.9. The molecule has 0 N–H and O–H groups in total. The fourth-order valence-electron chi connectivity index (χ4n) is 1.86. The number of esters is 1. The van der Waals surface area contributed by atoms with Gasteiger partial charge in [0, 0.05) is 6.08 Å². The Balaban J connectivity index is 1.93. The topological polar surface area (TPSA) is 50.1 Å². The van der Waals surface area contributed by atoms with Gasteiger partial charge in [-0.25, -0.2) is 4.79 Å². The number of rotatable bonds is 4. The molecule has 2 rings (SSSR count). The van der Waals surface area contributed by atoms with E-state index in [1.165, 1.54) is 6.08 Å². The van der Waals surface area contributed by atoms with Crippen LogP contribution < -0.4 is 0 Å². The number of carbonyl (C=O) groups is 1. The summed E-state index contributed by atoms with van der Waals surface area (Å²) >= 11 is 0. The summed E-state index contributed by atoms with van der Waals surface area (Å²) in [6.07, 6.45) is 3.15. The van der Waals surface area contributed by atoms with E-state index in [9.17, 15) is 4.79 Å². The van der Waals surface area contributed by atoms with Crippen LogP contribution in [0.3, 0.4) is 0 Å². The molecule has 0 heterocycles. The van der Waals surface area contributed by atoms with Gasteiger partial charge in [0.15, 0.2) is 0 Å². The summed E-state index contributed by atoms with van der Waals surface area (Å²) in [5.41, 5.74) is 3.44. The van der Waals surface area contributed by atoms with Gasteiger partial charge in [-0.1, -0.05) is 36.4 Å². The first kappa shape index (κ1) is 14.5. The average Bonchev–Trinajstić information content (AvgIpc) is 2.52. The highest BCUT2D eigenvalue weighted by Gasteiger charge is 2.00. The predicted molar refractivity (Wildman–Crippen MR) is 81.2 cm³/mol. The van der Waals surface area contributed by atoms with Crippen LogP contribution in [0.25, 0.3) is 6.08 Å². The number of ether oxygens (including phenoxy) is 1. The quantitative estimate of drug-likeness (QED) is 0.633. The molecule has 3 heteroatoms. The second-order valence-electron chi connectivity index (χ2n) is 4.61. The first-order chi connectivity index (χ1) is 10.2. The van der Waals surface area contributed by atoms with E-state index in [0.717, 1.165) is 16.7 Å². The van der Waals surface area contributed by atoms with Crippen LogP contribution in [-0.2, 0) is 16.1 Å². The Morgan fingerprint density at radius 3 is 2.81 bits per heavy atom. The molecule has 0 unspecified atom stereocenters. The lowest BCUT2D eigenvalue weighted by molar-refractivity contribution is -0.138. The molecule has 21 heavy (non-hydrogen) atoms.